The number of benzene rings is 1. The molecule has 2 rings (SSSR count). The smallest absolute Gasteiger partial charge is 0.161 e. The number of hydrogen-bond donors (Lipinski definition) is 1. The Morgan fingerprint density at radius 1 is 1.14 bits per heavy atom. The van der Waals surface area contributed by atoms with Crippen molar-refractivity contribution < 1.29 is 9.47 Å². The van der Waals surface area contributed by atoms with Gasteiger partial charge in [0.1, 0.15) is 12.4 Å². The van der Waals surface area contributed by atoms with E-state index in [1.807, 2.05) is 50.5 Å². The minimum Gasteiger partial charge on any atom is -0.493 e. The minimum absolute atomic E-state index is 0.625. The van der Waals surface area contributed by atoms with E-state index in [-0.39, 0.29) is 0 Å². The fraction of sp³-hybridized carbons (Fsp3) is 0.353. The molecule has 1 aromatic heterocycles. The van der Waals surface area contributed by atoms with E-state index in [9.17, 15) is 0 Å². The largest absolute Gasteiger partial charge is 0.493 e. The van der Waals surface area contributed by atoms with Crippen LogP contribution in [0.4, 0.5) is 5.82 Å². The number of rotatable bonds is 8. The average molecular weight is 301 g/mol. The number of likely N-dealkylation sites (N-methyl/N-ethyl adjacent to an activating group) is 1. The molecule has 1 aromatic carbocycles. The Kier molecular flexibility index (Phi) is 6.03. The van der Waals surface area contributed by atoms with E-state index in [1.165, 1.54) is 0 Å². The van der Waals surface area contributed by atoms with Gasteiger partial charge in [0.05, 0.1) is 7.11 Å². The molecule has 5 heteroatoms. The molecule has 0 aliphatic heterocycles. The lowest BCUT2D eigenvalue weighted by atomic mass is 10.2. The molecule has 0 bridgehead atoms. The highest BCUT2D eigenvalue weighted by Gasteiger charge is 2.06. The van der Waals surface area contributed by atoms with Gasteiger partial charge in [-0.15, -0.1) is 0 Å². The number of pyridine rings is 1. The Bertz CT molecular complexity index is 573. The van der Waals surface area contributed by atoms with Gasteiger partial charge in [0.25, 0.3) is 0 Å². The summed E-state index contributed by atoms with van der Waals surface area (Å²) in [4.78, 5) is 6.33. The molecule has 0 spiro atoms. The summed E-state index contributed by atoms with van der Waals surface area (Å²) in [6, 6.07) is 11.8. The van der Waals surface area contributed by atoms with Crippen molar-refractivity contribution in [3.05, 3.63) is 48.2 Å². The second kappa shape index (κ2) is 8.24. The molecule has 0 unspecified atom stereocenters. The van der Waals surface area contributed by atoms with Crippen LogP contribution in [0.25, 0.3) is 0 Å². The zero-order valence-electron chi connectivity index (χ0n) is 13.4. The Balaban J connectivity index is 1.99. The number of hydrogen-bond acceptors (Lipinski definition) is 5. The van der Waals surface area contributed by atoms with Crippen molar-refractivity contribution >= 4 is 5.82 Å². The first-order chi connectivity index (χ1) is 10.7. The minimum atomic E-state index is 0.625. The van der Waals surface area contributed by atoms with Gasteiger partial charge in [0.15, 0.2) is 11.5 Å². The van der Waals surface area contributed by atoms with Crippen LogP contribution < -0.4 is 14.8 Å². The van der Waals surface area contributed by atoms with Gasteiger partial charge in [-0.25, -0.2) is 4.98 Å². The number of nitrogens with zero attached hydrogens (tertiary/aromatic N) is 2. The third-order valence-corrected chi connectivity index (χ3v) is 3.16. The number of anilines is 1. The summed E-state index contributed by atoms with van der Waals surface area (Å²) >= 11 is 0. The van der Waals surface area contributed by atoms with Gasteiger partial charge in [0.2, 0.25) is 0 Å². The molecular formula is C17H23N3O2. The maximum Gasteiger partial charge on any atom is 0.161 e. The van der Waals surface area contributed by atoms with Crippen molar-refractivity contribution in [2.45, 2.75) is 6.54 Å². The Morgan fingerprint density at radius 3 is 2.68 bits per heavy atom. The Morgan fingerprint density at radius 2 is 2.00 bits per heavy atom. The summed E-state index contributed by atoms with van der Waals surface area (Å²) in [5.41, 5.74) is 1.12. The van der Waals surface area contributed by atoms with Crippen LogP contribution >= 0.6 is 0 Å². The second-order valence-corrected chi connectivity index (χ2v) is 5.21. The molecule has 0 amide bonds. The summed E-state index contributed by atoms with van der Waals surface area (Å²) < 4.78 is 11.2. The van der Waals surface area contributed by atoms with E-state index in [2.05, 4.69) is 15.2 Å². The molecule has 1 heterocycles. The molecule has 1 N–H and O–H groups in total. The van der Waals surface area contributed by atoms with Crippen molar-refractivity contribution in [2.75, 3.05) is 39.7 Å². The molecule has 2 aromatic rings. The number of aromatic nitrogens is 1. The van der Waals surface area contributed by atoms with E-state index < -0.39 is 0 Å². The molecule has 0 aliphatic carbocycles. The molecule has 5 nitrogen and oxygen atoms in total. The topological polar surface area (TPSA) is 46.6 Å². The molecule has 0 saturated heterocycles. The first-order valence-electron chi connectivity index (χ1n) is 7.28. The van der Waals surface area contributed by atoms with Crippen LogP contribution in [-0.2, 0) is 6.54 Å². The van der Waals surface area contributed by atoms with Gasteiger partial charge < -0.3 is 19.7 Å². The molecule has 118 valence electrons. The number of methoxy groups -OCH3 is 1. The quantitative estimate of drug-likeness (QED) is 0.812. The monoisotopic (exact) mass is 301 g/mol. The van der Waals surface area contributed by atoms with E-state index in [0.717, 1.165) is 29.4 Å². The molecule has 22 heavy (non-hydrogen) atoms. The van der Waals surface area contributed by atoms with Crippen LogP contribution in [0.2, 0.25) is 0 Å². The highest BCUT2D eigenvalue weighted by Crippen LogP contribution is 2.28. The molecule has 0 atom stereocenters. The first-order valence-corrected chi connectivity index (χ1v) is 7.28. The van der Waals surface area contributed by atoms with E-state index in [1.54, 1.807) is 13.3 Å². The molecule has 0 radical (unpaired) electrons. The third-order valence-electron chi connectivity index (χ3n) is 3.16. The first kappa shape index (κ1) is 16.1. The van der Waals surface area contributed by atoms with Crippen molar-refractivity contribution in [1.29, 1.82) is 0 Å². The summed E-state index contributed by atoms with van der Waals surface area (Å²) in [7, 11) is 5.70. The molecular weight excluding hydrogens is 278 g/mol. The second-order valence-electron chi connectivity index (χ2n) is 5.21. The zero-order chi connectivity index (χ0) is 15.8. The summed E-state index contributed by atoms with van der Waals surface area (Å²) in [6.07, 6.45) is 1.77. The maximum absolute atomic E-state index is 5.82. The fourth-order valence-electron chi connectivity index (χ4n) is 1.94. The van der Waals surface area contributed by atoms with Crippen LogP contribution in [0.3, 0.4) is 0 Å². The predicted octanol–water partition coefficient (Wildman–Crippen LogP) is 2.64. The third kappa shape index (κ3) is 4.93. The van der Waals surface area contributed by atoms with Gasteiger partial charge in [-0.2, -0.15) is 0 Å². The zero-order valence-corrected chi connectivity index (χ0v) is 13.4. The van der Waals surface area contributed by atoms with Crippen LogP contribution in [-0.4, -0.2) is 44.2 Å². The molecule has 0 fully saturated rings. The summed E-state index contributed by atoms with van der Waals surface area (Å²) in [6.45, 7) is 2.17. The van der Waals surface area contributed by atoms with Gasteiger partial charge in [0, 0.05) is 19.3 Å². The van der Waals surface area contributed by atoms with Gasteiger partial charge in [-0.1, -0.05) is 12.1 Å². The number of ether oxygens (including phenoxy) is 2. The lowest BCUT2D eigenvalue weighted by molar-refractivity contribution is 0.250. The number of nitrogens with one attached hydrogen (secondary N) is 1. The van der Waals surface area contributed by atoms with Gasteiger partial charge in [-0.3, -0.25) is 0 Å². The fourth-order valence-corrected chi connectivity index (χ4v) is 1.94. The van der Waals surface area contributed by atoms with Gasteiger partial charge >= 0.3 is 0 Å². The highest BCUT2D eigenvalue weighted by atomic mass is 16.5. The lowest BCUT2D eigenvalue weighted by Gasteiger charge is -2.15. The average Bonchev–Trinajstić information content (AvgIpc) is 2.54. The van der Waals surface area contributed by atoms with Crippen LogP contribution in [0, 0.1) is 0 Å². The Labute approximate surface area is 131 Å². The van der Waals surface area contributed by atoms with Crippen molar-refractivity contribution in [1.82, 2.24) is 9.88 Å². The Hall–Kier alpha value is -2.27. The lowest BCUT2D eigenvalue weighted by Crippen LogP contribution is -2.19. The van der Waals surface area contributed by atoms with E-state index >= 15 is 0 Å². The normalized spacial score (nSPS) is 10.5. The van der Waals surface area contributed by atoms with Crippen molar-refractivity contribution in [2.24, 2.45) is 0 Å². The maximum atomic E-state index is 5.82. The van der Waals surface area contributed by atoms with E-state index in [0.29, 0.717) is 13.2 Å². The highest BCUT2D eigenvalue weighted by molar-refractivity contribution is 5.44. The van der Waals surface area contributed by atoms with Crippen molar-refractivity contribution in [3.63, 3.8) is 0 Å². The molecule has 0 saturated carbocycles. The van der Waals surface area contributed by atoms with Crippen molar-refractivity contribution in [3.8, 4) is 11.5 Å². The predicted molar refractivity (Wildman–Crippen MR) is 88.6 cm³/mol. The van der Waals surface area contributed by atoms with E-state index in [4.69, 9.17) is 9.47 Å². The van der Waals surface area contributed by atoms with Crippen LogP contribution in [0.1, 0.15) is 5.56 Å². The standard InChI is InChI=1S/C17H23N3O2/c1-20(2)10-11-22-16-12-14(7-8-15(16)21-3)13-19-17-6-4-5-9-18-17/h4-9,12H,10-11,13H2,1-3H3,(H,18,19). The summed E-state index contributed by atoms with van der Waals surface area (Å²) in [5.74, 6) is 2.37. The van der Waals surface area contributed by atoms with Gasteiger partial charge in [-0.05, 0) is 43.9 Å². The SMILES string of the molecule is COc1ccc(CNc2ccccn2)cc1OCCN(C)C. The van der Waals surface area contributed by atoms with Crippen LogP contribution in [0.15, 0.2) is 42.6 Å². The summed E-state index contributed by atoms with van der Waals surface area (Å²) in [5, 5.41) is 3.28. The van der Waals surface area contributed by atoms with Crippen LogP contribution in [0.5, 0.6) is 11.5 Å². The molecule has 0 aliphatic rings.